The first-order valence-electron chi connectivity index (χ1n) is 8.50. The van der Waals surface area contributed by atoms with Crippen LogP contribution in [-0.4, -0.2) is 45.2 Å². The van der Waals surface area contributed by atoms with Crippen molar-refractivity contribution in [2.45, 2.75) is 45.6 Å². The van der Waals surface area contributed by atoms with Gasteiger partial charge in [0.05, 0.1) is 24.5 Å². The van der Waals surface area contributed by atoms with E-state index in [1.54, 1.807) is 12.3 Å². The number of carbonyl (C=O) groups excluding carboxylic acids is 1. The molecule has 130 valence electrons. The highest BCUT2D eigenvalue weighted by Gasteiger charge is 2.29. The van der Waals surface area contributed by atoms with Crippen molar-refractivity contribution in [2.75, 3.05) is 19.7 Å². The molecule has 1 fully saturated rings. The summed E-state index contributed by atoms with van der Waals surface area (Å²) in [4.78, 5) is 19.0. The highest BCUT2D eigenvalue weighted by molar-refractivity contribution is 5.95. The quantitative estimate of drug-likeness (QED) is 0.935. The van der Waals surface area contributed by atoms with E-state index in [1.807, 2.05) is 31.9 Å². The maximum atomic E-state index is 12.6. The number of likely N-dealkylation sites (tertiary alicyclic amines) is 1. The summed E-state index contributed by atoms with van der Waals surface area (Å²) in [6, 6.07) is 1.76. The molecule has 0 unspecified atom stereocenters. The molecule has 2 aromatic rings. The molecule has 3 heterocycles. The van der Waals surface area contributed by atoms with Crippen molar-refractivity contribution in [1.82, 2.24) is 14.5 Å². The summed E-state index contributed by atoms with van der Waals surface area (Å²) >= 11 is 0. The number of carbonyl (C=O) groups is 1. The van der Waals surface area contributed by atoms with Crippen molar-refractivity contribution in [2.24, 2.45) is 0 Å². The second kappa shape index (κ2) is 6.81. The third kappa shape index (κ3) is 2.98. The lowest BCUT2D eigenvalue weighted by Gasteiger charge is -2.32. The van der Waals surface area contributed by atoms with E-state index in [4.69, 9.17) is 4.42 Å². The topological polar surface area (TPSA) is 71.5 Å². The Labute approximate surface area is 142 Å². The third-order valence-electron chi connectivity index (χ3n) is 4.95. The molecule has 1 aliphatic heterocycles. The number of aryl methyl sites for hydroxylation is 2. The van der Waals surface area contributed by atoms with E-state index in [0.29, 0.717) is 30.3 Å². The number of furan rings is 1. The van der Waals surface area contributed by atoms with Gasteiger partial charge in [0, 0.05) is 30.9 Å². The highest BCUT2D eigenvalue weighted by Crippen LogP contribution is 2.30. The smallest absolute Gasteiger partial charge is 0.257 e. The summed E-state index contributed by atoms with van der Waals surface area (Å²) in [5.74, 6) is 2.07. The molecule has 1 amide bonds. The molecule has 0 bridgehead atoms. The average Bonchev–Trinajstić information content (AvgIpc) is 3.19. The van der Waals surface area contributed by atoms with E-state index in [1.165, 1.54) is 0 Å². The van der Waals surface area contributed by atoms with Gasteiger partial charge in [-0.25, -0.2) is 4.98 Å². The van der Waals surface area contributed by atoms with Gasteiger partial charge >= 0.3 is 0 Å². The standard InChI is InChI=1S/C18H25N3O3/c1-12-10-19-17(21(12)13(2)11-22)15-4-7-20(8-5-15)18(23)16-6-9-24-14(16)3/h6,9-10,13,15,22H,4-5,7-8,11H2,1-3H3/t13-/m1/s1. The molecule has 0 spiro atoms. The number of amides is 1. The van der Waals surface area contributed by atoms with E-state index in [0.717, 1.165) is 24.4 Å². The van der Waals surface area contributed by atoms with E-state index in [2.05, 4.69) is 9.55 Å². The summed E-state index contributed by atoms with van der Waals surface area (Å²) in [6.45, 7) is 7.36. The van der Waals surface area contributed by atoms with Crippen molar-refractivity contribution in [1.29, 1.82) is 0 Å². The van der Waals surface area contributed by atoms with Gasteiger partial charge in [-0.1, -0.05) is 0 Å². The van der Waals surface area contributed by atoms with Crippen molar-refractivity contribution >= 4 is 5.91 Å². The lowest BCUT2D eigenvalue weighted by atomic mass is 9.95. The molecule has 1 aliphatic rings. The first-order valence-corrected chi connectivity index (χ1v) is 8.50. The van der Waals surface area contributed by atoms with Crippen LogP contribution < -0.4 is 0 Å². The molecule has 0 saturated carbocycles. The van der Waals surface area contributed by atoms with Gasteiger partial charge in [0.1, 0.15) is 11.6 Å². The molecular weight excluding hydrogens is 306 g/mol. The zero-order chi connectivity index (χ0) is 17.3. The number of rotatable bonds is 4. The van der Waals surface area contributed by atoms with E-state index >= 15 is 0 Å². The SMILES string of the molecule is Cc1occc1C(=O)N1CCC(c2ncc(C)n2[C@H](C)CO)CC1. The molecule has 0 aliphatic carbocycles. The van der Waals surface area contributed by atoms with Crippen LogP contribution in [0.1, 0.15) is 59.4 Å². The summed E-state index contributed by atoms with van der Waals surface area (Å²) in [6.07, 6.45) is 5.20. The van der Waals surface area contributed by atoms with Gasteiger partial charge in [-0.3, -0.25) is 4.79 Å². The Bertz CT molecular complexity index is 711. The monoisotopic (exact) mass is 331 g/mol. The Morgan fingerprint density at radius 1 is 1.42 bits per heavy atom. The first-order chi connectivity index (χ1) is 11.5. The van der Waals surface area contributed by atoms with E-state index < -0.39 is 0 Å². The molecule has 24 heavy (non-hydrogen) atoms. The first kappa shape index (κ1) is 16.8. The molecule has 6 nitrogen and oxygen atoms in total. The molecule has 3 rings (SSSR count). The van der Waals surface area contributed by atoms with Gasteiger partial charge in [-0.15, -0.1) is 0 Å². The lowest BCUT2D eigenvalue weighted by Crippen LogP contribution is -2.38. The molecule has 0 radical (unpaired) electrons. The van der Waals surface area contributed by atoms with Crippen molar-refractivity contribution in [3.05, 3.63) is 41.4 Å². The zero-order valence-corrected chi connectivity index (χ0v) is 14.5. The van der Waals surface area contributed by atoms with Crippen LogP contribution in [-0.2, 0) is 0 Å². The van der Waals surface area contributed by atoms with Crippen LogP contribution in [0.4, 0.5) is 0 Å². The predicted octanol–water partition coefficient (Wildman–Crippen LogP) is 2.67. The summed E-state index contributed by atoms with van der Waals surface area (Å²) < 4.78 is 7.37. The fourth-order valence-corrected chi connectivity index (χ4v) is 3.54. The Morgan fingerprint density at radius 2 is 2.12 bits per heavy atom. The van der Waals surface area contributed by atoms with E-state index in [9.17, 15) is 9.90 Å². The van der Waals surface area contributed by atoms with Crippen LogP contribution in [0, 0.1) is 13.8 Å². The molecule has 1 atom stereocenters. The maximum Gasteiger partial charge on any atom is 0.257 e. The van der Waals surface area contributed by atoms with Crippen LogP contribution in [0.15, 0.2) is 22.9 Å². The minimum absolute atomic E-state index is 0.0238. The van der Waals surface area contributed by atoms with Gasteiger partial charge < -0.3 is 19.0 Å². The van der Waals surface area contributed by atoms with Gasteiger partial charge in [-0.2, -0.15) is 0 Å². The summed E-state index contributed by atoms with van der Waals surface area (Å²) in [5, 5.41) is 9.49. The predicted molar refractivity (Wildman–Crippen MR) is 90.1 cm³/mol. The number of nitrogens with zero attached hydrogens (tertiary/aromatic N) is 3. The Kier molecular flexibility index (Phi) is 4.76. The molecule has 0 aromatic carbocycles. The Balaban J connectivity index is 1.70. The van der Waals surface area contributed by atoms with Crippen LogP contribution in [0.5, 0.6) is 0 Å². The second-order valence-electron chi connectivity index (χ2n) is 6.62. The fraction of sp³-hybridized carbons (Fsp3) is 0.556. The number of piperidine rings is 1. The van der Waals surface area contributed by atoms with Crippen molar-refractivity contribution < 1.29 is 14.3 Å². The summed E-state index contributed by atoms with van der Waals surface area (Å²) in [7, 11) is 0. The number of aliphatic hydroxyl groups is 1. The largest absolute Gasteiger partial charge is 0.469 e. The zero-order valence-electron chi connectivity index (χ0n) is 14.5. The normalized spacial score (nSPS) is 17.2. The molecule has 2 aromatic heterocycles. The molecule has 1 saturated heterocycles. The van der Waals surface area contributed by atoms with E-state index in [-0.39, 0.29) is 18.6 Å². The van der Waals surface area contributed by atoms with Crippen molar-refractivity contribution in [3.8, 4) is 0 Å². The van der Waals surface area contributed by atoms with Crippen LogP contribution in [0.3, 0.4) is 0 Å². The van der Waals surface area contributed by atoms with Gasteiger partial charge in [0.25, 0.3) is 5.91 Å². The Morgan fingerprint density at radius 3 is 2.71 bits per heavy atom. The van der Waals surface area contributed by atoms with Crippen molar-refractivity contribution in [3.63, 3.8) is 0 Å². The molecule has 6 heteroatoms. The van der Waals surface area contributed by atoms with Crippen LogP contribution >= 0.6 is 0 Å². The van der Waals surface area contributed by atoms with Gasteiger partial charge in [0.15, 0.2) is 0 Å². The average molecular weight is 331 g/mol. The molecule has 1 N–H and O–H groups in total. The Hall–Kier alpha value is -2.08. The lowest BCUT2D eigenvalue weighted by molar-refractivity contribution is 0.0707. The summed E-state index contributed by atoms with van der Waals surface area (Å²) in [5.41, 5.74) is 1.72. The minimum atomic E-state index is 0.0238. The third-order valence-corrected chi connectivity index (χ3v) is 4.95. The maximum absolute atomic E-state index is 12.6. The minimum Gasteiger partial charge on any atom is -0.469 e. The van der Waals surface area contributed by atoms with Crippen LogP contribution in [0.25, 0.3) is 0 Å². The number of hydrogen-bond acceptors (Lipinski definition) is 4. The number of imidazole rings is 1. The van der Waals surface area contributed by atoms with Gasteiger partial charge in [-0.05, 0) is 39.7 Å². The second-order valence-corrected chi connectivity index (χ2v) is 6.62. The fourth-order valence-electron chi connectivity index (χ4n) is 3.54. The highest BCUT2D eigenvalue weighted by atomic mass is 16.3. The number of hydrogen-bond donors (Lipinski definition) is 1. The molecular formula is C18H25N3O3. The number of aromatic nitrogens is 2. The van der Waals surface area contributed by atoms with Crippen LogP contribution in [0.2, 0.25) is 0 Å². The number of aliphatic hydroxyl groups excluding tert-OH is 1. The van der Waals surface area contributed by atoms with Gasteiger partial charge in [0.2, 0.25) is 0 Å².